The molecule has 1 atom stereocenters. The molecule has 1 aromatic rings. The van der Waals surface area contributed by atoms with Crippen molar-refractivity contribution in [3.63, 3.8) is 0 Å². The fraction of sp³-hybridized carbons (Fsp3) is 0.842. The second-order valence-corrected chi connectivity index (χ2v) is 8.44. The normalized spacial score (nSPS) is 28.0. The summed E-state index contributed by atoms with van der Waals surface area (Å²) >= 11 is 0. The lowest BCUT2D eigenvalue weighted by Gasteiger charge is -2.42. The van der Waals surface area contributed by atoms with E-state index in [9.17, 15) is 0 Å². The molecular formula is C19H31N3O2. The van der Waals surface area contributed by atoms with Crippen LogP contribution < -0.4 is 0 Å². The van der Waals surface area contributed by atoms with E-state index in [1.165, 1.54) is 51.9 Å². The van der Waals surface area contributed by atoms with Crippen molar-refractivity contribution in [2.75, 3.05) is 46.4 Å². The first kappa shape index (κ1) is 16.6. The number of ether oxygens (including phenoxy) is 1. The molecule has 0 bridgehead atoms. The number of nitrogens with zero attached hydrogens (tertiary/aromatic N) is 3. The summed E-state index contributed by atoms with van der Waals surface area (Å²) in [6.07, 6.45) is 5.33. The van der Waals surface area contributed by atoms with Crippen molar-refractivity contribution < 1.29 is 9.26 Å². The molecule has 1 aromatic heterocycles. The SMILES string of the molecule is Cc1cc(CN2CCC3(CC2)CN(C)C[C@@H]3COCC2CC2)no1. The monoisotopic (exact) mass is 333 g/mol. The van der Waals surface area contributed by atoms with Crippen LogP contribution in [0.3, 0.4) is 0 Å². The van der Waals surface area contributed by atoms with Crippen LogP contribution in [0, 0.1) is 24.2 Å². The topological polar surface area (TPSA) is 41.7 Å². The third-order valence-corrected chi connectivity index (χ3v) is 6.27. The molecule has 0 N–H and O–H groups in total. The molecule has 3 aliphatic rings. The summed E-state index contributed by atoms with van der Waals surface area (Å²) in [7, 11) is 2.27. The number of aromatic nitrogens is 1. The van der Waals surface area contributed by atoms with Gasteiger partial charge in [-0.05, 0) is 64.1 Å². The van der Waals surface area contributed by atoms with Gasteiger partial charge in [-0.25, -0.2) is 0 Å². The summed E-state index contributed by atoms with van der Waals surface area (Å²) in [6.45, 7) is 9.61. The standard InChI is InChI=1S/C19H31N3O2/c1-15-9-18(20-24-15)11-22-7-5-19(6-8-22)14-21(2)10-17(19)13-23-12-16-3-4-16/h9,16-17H,3-8,10-14H2,1-2H3/t17-/m1/s1. The van der Waals surface area contributed by atoms with E-state index in [2.05, 4.69) is 28.1 Å². The molecule has 0 amide bonds. The van der Waals surface area contributed by atoms with Gasteiger partial charge in [0.15, 0.2) is 0 Å². The highest BCUT2D eigenvalue weighted by atomic mass is 16.5. The molecule has 1 aliphatic carbocycles. The van der Waals surface area contributed by atoms with Crippen molar-refractivity contribution in [1.82, 2.24) is 15.0 Å². The van der Waals surface area contributed by atoms with E-state index in [-0.39, 0.29) is 0 Å². The average Bonchev–Trinajstić information content (AvgIpc) is 3.21. The zero-order chi connectivity index (χ0) is 16.6. The lowest BCUT2D eigenvalue weighted by atomic mass is 9.71. The van der Waals surface area contributed by atoms with Gasteiger partial charge in [-0.2, -0.15) is 0 Å². The molecule has 5 nitrogen and oxygen atoms in total. The highest BCUT2D eigenvalue weighted by molar-refractivity contribution is 5.05. The minimum Gasteiger partial charge on any atom is -0.381 e. The first-order valence-electron chi connectivity index (χ1n) is 9.54. The van der Waals surface area contributed by atoms with E-state index < -0.39 is 0 Å². The van der Waals surface area contributed by atoms with Crippen molar-refractivity contribution >= 4 is 0 Å². The summed E-state index contributed by atoms with van der Waals surface area (Å²) in [6, 6.07) is 2.06. The fourth-order valence-corrected chi connectivity index (χ4v) is 4.64. The Morgan fingerprint density at radius 2 is 2.08 bits per heavy atom. The predicted octanol–water partition coefficient (Wildman–Crippen LogP) is 2.55. The van der Waals surface area contributed by atoms with Gasteiger partial charge < -0.3 is 14.2 Å². The summed E-state index contributed by atoms with van der Waals surface area (Å²) in [4.78, 5) is 5.05. The maximum absolute atomic E-state index is 6.08. The number of rotatable bonds is 6. The molecule has 2 aliphatic heterocycles. The van der Waals surface area contributed by atoms with E-state index in [1.54, 1.807) is 0 Å². The third kappa shape index (κ3) is 3.68. The highest BCUT2D eigenvalue weighted by Gasteiger charge is 2.47. The highest BCUT2D eigenvalue weighted by Crippen LogP contribution is 2.44. The van der Waals surface area contributed by atoms with Crippen LogP contribution in [0.15, 0.2) is 10.6 Å². The van der Waals surface area contributed by atoms with Gasteiger partial charge in [0, 0.05) is 38.2 Å². The predicted molar refractivity (Wildman–Crippen MR) is 92.7 cm³/mol. The Hall–Kier alpha value is -0.910. The van der Waals surface area contributed by atoms with E-state index in [0.29, 0.717) is 11.3 Å². The molecule has 0 aromatic carbocycles. The molecule has 4 rings (SSSR count). The first-order valence-corrected chi connectivity index (χ1v) is 9.54. The summed E-state index contributed by atoms with van der Waals surface area (Å²) < 4.78 is 11.3. The summed E-state index contributed by atoms with van der Waals surface area (Å²) in [5.41, 5.74) is 1.53. The van der Waals surface area contributed by atoms with Crippen LogP contribution in [0.4, 0.5) is 0 Å². The zero-order valence-electron chi connectivity index (χ0n) is 15.2. The lowest BCUT2D eigenvalue weighted by Crippen LogP contribution is -2.45. The minimum atomic E-state index is 0.467. The minimum absolute atomic E-state index is 0.467. The quantitative estimate of drug-likeness (QED) is 0.800. The average molecular weight is 333 g/mol. The molecule has 24 heavy (non-hydrogen) atoms. The number of hydrogen-bond donors (Lipinski definition) is 0. The Morgan fingerprint density at radius 1 is 1.29 bits per heavy atom. The Morgan fingerprint density at radius 3 is 2.75 bits per heavy atom. The van der Waals surface area contributed by atoms with Crippen LogP contribution in [-0.2, 0) is 11.3 Å². The Kier molecular flexibility index (Phi) is 4.67. The number of aryl methyl sites for hydroxylation is 1. The molecule has 2 saturated heterocycles. The van der Waals surface area contributed by atoms with Crippen molar-refractivity contribution in [2.45, 2.75) is 39.2 Å². The van der Waals surface area contributed by atoms with Gasteiger partial charge in [-0.1, -0.05) is 5.16 Å². The van der Waals surface area contributed by atoms with Gasteiger partial charge in [-0.3, -0.25) is 4.90 Å². The van der Waals surface area contributed by atoms with Crippen molar-refractivity contribution in [3.8, 4) is 0 Å². The molecule has 1 saturated carbocycles. The van der Waals surface area contributed by atoms with Crippen LogP contribution in [0.25, 0.3) is 0 Å². The van der Waals surface area contributed by atoms with Crippen molar-refractivity contribution in [2.24, 2.45) is 17.3 Å². The van der Waals surface area contributed by atoms with Crippen LogP contribution in [0.1, 0.15) is 37.1 Å². The maximum atomic E-state index is 6.08. The van der Waals surface area contributed by atoms with E-state index >= 15 is 0 Å². The molecule has 5 heteroatoms. The Labute approximate surface area is 145 Å². The Balaban J connectivity index is 1.31. The number of likely N-dealkylation sites (tertiary alicyclic amines) is 2. The molecule has 0 unspecified atom stereocenters. The molecular weight excluding hydrogens is 302 g/mol. The molecule has 1 spiro atoms. The number of hydrogen-bond acceptors (Lipinski definition) is 5. The second-order valence-electron chi connectivity index (χ2n) is 8.44. The fourth-order valence-electron chi connectivity index (χ4n) is 4.64. The van der Waals surface area contributed by atoms with Crippen molar-refractivity contribution in [1.29, 1.82) is 0 Å². The van der Waals surface area contributed by atoms with Crippen LogP contribution in [-0.4, -0.2) is 61.4 Å². The van der Waals surface area contributed by atoms with Crippen LogP contribution in [0.5, 0.6) is 0 Å². The first-order chi connectivity index (χ1) is 11.6. The number of piperidine rings is 1. The van der Waals surface area contributed by atoms with E-state index in [0.717, 1.165) is 37.1 Å². The van der Waals surface area contributed by atoms with Gasteiger partial charge in [-0.15, -0.1) is 0 Å². The van der Waals surface area contributed by atoms with Crippen molar-refractivity contribution in [3.05, 3.63) is 17.5 Å². The van der Waals surface area contributed by atoms with Gasteiger partial charge in [0.1, 0.15) is 5.76 Å². The van der Waals surface area contributed by atoms with Gasteiger partial charge in [0.2, 0.25) is 0 Å². The third-order valence-electron chi connectivity index (χ3n) is 6.27. The molecule has 0 radical (unpaired) electrons. The van der Waals surface area contributed by atoms with E-state index in [4.69, 9.17) is 9.26 Å². The summed E-state index contributed by atoms with van der Waals surface area (Å²) in [5.74, 6) is 2.48. The largest absolute Gasteiger partial charge is 0.381 e. The Bertz CT molecular complexity index is 547. The van der Waals surface area contributed by atoms with Gasteiger partial charge in [0.05, 0.1) is 12.3 Å². The van der Waals surface area contributed by atoms with Crippen LogP contribution >= 0.6 is 0 Å². The second kappa shape index (κ2) is 6.77. The zero-order valence-corrected chi connectivity index (χ0v) is 15.2. The summed E-state index contributed by atoms with van der Waals surface area (Å²) in [5, 5.41) is 4.14. The van der Waals surface area contributed by atoms with Crippen LogP contribution in [0.2, 0.25) is 0 Å². The lowest BCUT2D eigenvalue weighted by molar-refractivity contribution is 0.0163. The maximum Gasteiger partial charge on any atom is 0.133 e. The van der Waals surface area contributed by atoms with Gasteiger partial charge >= 0.3 is 0 Å². The van der Waals surface area contributed by atoms with E-state index in [1.807, 2.05) is 6.92 Å². The smallest absolute Gasteiger partial charge is 0.133 e. The van der Waals surface area contributed by atoms with Gasteiger partial charge in [0.25, 0.3) is 0 Å². The molecule has 3 fully saturated rings. The molecule has 3 heterocycles. The molecule has 134 valence electrons.